The Labute approximate surface area is 254 Å². The third-order valence-corrected chi connectivity index (χ3v) is 8.05. The van der Waals surface area contributed by atoms with Gasteiger partial charge < -0.3 is 30.3 Å². The first kappa shape index (κ1) is 29.7. The fraction of sp³-hybridized carbons (Fsp3) is 0.250. The van der Waals surface area contributed by atoms with Gasteiger partial charge in [-0.1, -0.05) is 36.0 Å². The van der Waals surface area contributed by atoms with Gasteiger partial charge in [-0.2, -0.15) is 0 Å². The Morgan fingerprint density at radius 1 is 0.977 bits per heavy atom. The fourth-order valence-electron chi connectivity index (χ4n) is 5.03. The largest absolute Gasteiger partial charge is 0.495 e. The van der Waals surface area contributed by atoms with Gasteiger partial charge >= 0.3 is 12.0 Å². The van der Waals surface area contributed by atoms with Crippen LogP contribution in [0.25, 0.3) is 0 Å². The van der Waals surface area contributed by atoms with Crippen molar-refractivity contribution in [1.29, 1.82) is 0 Å². The van der Waals surface area contributed by atoms with Crippen molar-refractivity contribution in [3.63, 3.8) is 0 Å². The Kier molecular flexibility index (Phi) is 9.31. The lowest BCUT2D eigenvalue weighted by Crippen LogP contribution is -2.43. The molecule has 3 aromatic carbocycles. The number of carbonyl (C=O) groups is 3. The number of urea groups is 1. The summed E-state index contributed by atoms with van der Waals surface area (Å²) in [4.78, 5) is 45.6. The van der Waals surface area contributed by atoms with Gasteiger partial charge in [-0.15, -0.1) is 0 Å². The zero-order chi connectivity index (χ0) is 30.3. The smallest absolute Gasteiger partial charge is 0.338 e. The van der Waals surface area contributed by atoms with Crippen LogP contribution in [0.2, 0.25) is 0 Å². The van der Waals surface area contributed by atoms with Gasteiger partial charge in [0.25, 0.3) is 5.91 Å². The molecule has 1 fully saturated rings. The molecule has 3 amide bonds. The lowest BCUT2D eigenvalue weighted by molar-refractivity contribution is -0.113. The van der Waals surface area contributed by atoms with Crippen molar-refractivity contribution in [3.05, 3.63) is 95.2 Å². The van der Waals surface area contributed by atoms with E-state index >= 15 is 0 Å². The molecule has 43 heavy (non-hydrogen) atoms. The number of anilines is 3. The van der Waals surface area contributed by atoms with Gasteiger partial charge in [0, 0.05) is 23.7 Å². The van der Waals surface area contributed by atoms with Crippen LogP contribution >= 0.6 is 11.8 Å². The van der Waals surface area contributed by atoms with Crippen molar-refractivity contribution in [3.8, 4) is 5.75 Å². The normalized spacial score (nSPS) is 16.0. The summed E-state index contributed by atoms with van der Waals surface area (Å²) in [6, 6.07) is 20.4. The van der Waals surface area contributed by atoms with Crippen LogP contribution < -0.4 is 20.7 Å². The highest BCUT2D eigenvalue weighted by Crippen LogP contribution is 2.40. The second-order valence-electron chi connectivity index (χ2n) is 9.85. The first-order valence-electron chi connectivity index (χ1n) is 14.0. The molecule has 5 rings (SSSR count). The van der Waals surface area contributed by atoms with E-state index in [-0.39, 0.29) is 12.5 Å². The molecule has 0 aromatic heterocycles. The molecule has 2 aliphatic rings. The zero-order valence-corrected chi connectivity index (χ0v) is 25.0. The number of thioether (sulfide) groups is 1. The molecule has 3 aromatic rings. The molecule has 2 heterocycles. The maximum atomic E-state index is 13.8. The highest BCUT2D eigenvalue weighted by atomic mass is 32.2. The van der Waals surface area contributed by atoms with Crippen LogP contribution in [0.5, 0.6) is 5.75 Å². The van der Waals surface area contributed by atoms with Crippen LogP contribution in [0.3, 0.4) is 0 Å². The Hall–Kier alpha value is -4.77. The number of aliphatic imine (C=N–C) groups is 1. The summed E-state index contributed by atoms with van der Waals surface area (Å²) in [6.45, 7) is 4.63. The number of methoxy groups -OCH3 is 1. The van der Waals surface area contributed by atoms with E-state index in [9.17, 15) is 14.4 Å². The molecule has 3 N–H and O–H groups in total. The standard InChI is InChI=1S/C32H33N5O5S/c1-4-42-30(39)21-13-15-23(16-14-21)34-31(40)35-24-10-7-9-22(19-24)28-27(20(2)33-32-37(28)17-8-18-43-32)29(38)36-25-11-5-6-12-26(25)41-3/h5-7,9-16,19,28H,4,8,17-18H2,1-3H3,(H,36,38)(H2,34,35,40). The minimum Gasteiger partial charge on any atom is -0.495 e. The molecular formula is C32H33N5O5S. The Morgan fingerprint density at radius 2 is 1.74 bits per heavy atom. The molecule has 222 valence electrons. The summed E-state index contributed by atoms with van der Waals surface area (Å²) in [6.07, 6.45) is 0.954. The topological polar surface area (TPSA) is 121 Å². The number of para-hydroxylation sites is 2. The highest BCUT2D eigenvalue weighted by molar-refractivity contribution is 8.13. The maximum Gasteiger partial charge on any atom is 0.338 e. The first-order valence-corrected chi connectivity index (χ1v) is 14.9. The lowest BCUT2D eigenvalue weighted by Gasteiger charge is -2.41. The van der Waals surface area contributed by atoms with Crippen molar-refractivity contribution >= 4 is 51.9 Å². The SMILES string of the molecule is CCOC(=O)c1ccc(NC(=O)Nc2cccc(C3C(C(=O)Nc4ccccc4OC)=C(C)N=C4SCCCN43)c2)cc1. The predicted octanol–water partition coefficient (Wildman–Crippen LogP) is 6.28. The number of fused-ring (bicyclic) bond motifs is 1. The molecule has 0 radical (unpaired) electrons. The molecule has 1 atom stereocenters. The molecule has 1 unspecified atom stereocenters. The highest BCUT2D eigenvalue weighted by Gasteiger charge is 2.37. The van der Waals surface area contributed by atoms with Gasteiger partial charge in [0.1, 0.15) is 5.75 Å². The van der Waals surface area contributed by atoms with Crippen LogP contribution in [0.15, 0.2) is 89.1 Å². The van der Waals surface area contributed by atoms with Gasteiger partial charge in [-0.25, -0.2) is 14.6 Å². The van der Waals surface area contributed by atoms with Gasteiger partial charge in [0.15, 0.2) is 5.17 Å². The third-order valence-electron chi connectivity index (χ3n) is 6.97. The van der Waals surface area contributed by atoms with E-state index in [1.807, 2.05) is 37.3 Å². The molecule has 0 aliphatic carbocycles. The Balaban J connectivity index is 1.38. The minimum absolute atomic E-state index is 0.271. The van der Waals surface area contributed by atoms with Gasteiger partial charge in [-0.05, 0) is 74.4 Å². The van der Waals surface area contributed by atoms with Crippen LogP contribution in [0.4, 0.5) is 21.9 Å². The van der Waals surface area contributed by atoms with E-state index < -0.39 is 18.0 Å². The molecule has 11 heteroatoms. The molecule has 1 saturated heterocycles. The fourth-order valence-corrected chi connectivity index (χ4v) is 6.05. The summed E-state index contributed by atoms with van der Waals surface area (Å²) in [7, 11) is 1.56. The molecular weight excluding hydrogens is 566 g/mol. The van der Waals surface area contributed by atoms with Crippen LogP contribution in [-0.4, -0.2) is 54.0 Å². The number of hydrogen-bond acceptors (Lipinski definition) is 8. The number of allylic oxidation sites excluding steroid dienone is 1. The van der Waals surface area contributed by atoms with E-state index in [1.54, 1.807) is 68.3 Å². The summed E-state index contributed by atoms with van der Waals surface area (Å²) in [5.74, 6) is 0.832. The number of benzene rings is 3. The lowest BCUT2D eigenvalue weighted by atomic mass is 9.93. The Bertz CT molecular complexity index is 1590. The number of rotatable bonds is 8. The van der Waals surface area contributed by atoms with E-state index in [0.717, 1.165) is 29.4 Å². The number of amides is 3. The molecule has 10 nitrogen and oxygen atoms in total. The second kappa shape index (κ2) is 13.5. The summed E-state index contributed by atoms with van der Waals surface area (Å²) >= 11 is 1.68. The monoisotopic (exact) mass is 599 g/mol. The van der Waals surface area contributed by atoms with Gasteiger partial charge in [-0.3, -0.25) is 4.79 Å². The van der Waals surface area contributed by atoms with Crippen LogP contribution in [0, 0.1) is 0 Å². The maximum absolute atomic E-state index is 13.8. The van der Waals surface area contributed by atoms with Crippen LogP contribution in [-0.2, 0) is 9.53 Å². The number of nitrogens with one attached hydrogen (secondary N) is 3. The number of carbonyl (C=O) groups excluding carboxylic acids is 3. The van der Waals surface area contributed by atoms with E-state index in [4.69, 9.17) is 14.5 Å². The van der Waals surface area contributed by atoms with Crippen molar-refractivity contribution in [2.75, 3.05) is 42.0 Å². The minimum atomic E-state index is -0.443. The predicted molar refractivity (Wildman–Crippen MR) is 170 cm³/mol. The summed E-state index contributed by atoms with van der Waals surface area (Å²) < 4.78 is 10.4. The van der Waals surface area contributed by atoms with Crippen molar-refractivity contribution < 1.29 is 23.9 Å². The summed E-state index contributed by atoms with van der Waals surface area (Å²) in [5.41, 5.74) is 4.07. The van der Waals surface area contributed by atoms with Crippen molar-refractivity contribution in [2.24, 2.45) is 4.99 Å². The van der Waals surface area contributed by atoms with Crippen molar-refractivity contribution in [2.45, 2.75) is 26.3 Å². The number of nitrogens with zero attached hydrogens (tertiary/aromatic N) is 2. The second-order valence-corrected chi connectivity index (χ2v) is 10.9. The zero-order valence-electron chi connectivity index (χ0n) is 24.2. The number of esters is 1. The number of amidine groups is 1. The summed E-state index contributed by atoms with van der Waals surface area (Å²) in [5, 5.41) is 9.56. The van der Waals surface area contributed by atoms with Crippen molar-refractivity contribution in [1.82, 2.24) is 4.90 Å². The molecule has 0 saturated carbocycles. The van der Waals surface area contributed by atoms with Crippen LogP contribution in [0.1, 0.15) is 42.2 Å². The average molecular weight is 600 g/mol. The molecule has 0 spiro atoms. The number of ether oxygens (including phenoxy) is 2. The quantitative estimate of drug-likeness (QED) is 0.261. The van der Waals surface area contributed by atoms with Gasteiger partial charge in [0.05, 0.1) is 42.3 Å². The first-order chi connectivity index (χ1) is 20.9. The number of hydrogen-bond donors (Lipinski definition) is 3. The Morgan fingerprint density at radius 3 is 2.51 bits per heavy atom. The molecule has 0 bridgehead atoms. The van der Waals surface area contributed by atoms with E-state index in [0.29, 0.717) is 39.6 Å². The third kappa shape index (κ3) is 6.83. The van der Waals surface area contributed by atoms with Gasteiger partial charge in [0.2, 0.25) is 0 Å². The average Bonchev–Trinajstić information content (AvgIpc) is 3.01. The van der Waals surface area contributed by atoms with E-state index in [2.05, 4.69) is 20.9 Å². The van der Waals surface area contributed by atoms with E-state index in [1.165, 1.54) is 0 Å². The molecule has 2 aliphatic heterocycles.